The van der Waals surface area contributed by atoms with Crippen LogP contribution in [0.4, 0.5) is 5.69 Å². The van der Waals surface area contributed by atoms with Gasteiger partial charge in [0, 0.05) is 67.7 Å². The van der Waals surface area contributed by atoms with Crippen LogP contribution in [0.15, 0.2) is 58.3 Å². The first kappa shape index (κ1) is 32.2. The maximum Gasteiger partial charge on any atom is 0.330 e. The first-order valence-corrected chi connectivity index (χ1v) is 15.9. The van der Waals surface area contributed by atoms with Gasteiger partial charge in [0.25, 0.3) is 11.5 Å². The molecule has 11 nitrogen and oxygen atoms in total. The molecule has 2 aromatic heterocycles. The van der Waals surface area contributed by atoms with Crippen LogP contribution in [0.25, 0.3) is 22.4 Å². The maximum atomic E-state index is 13.2. The number of halogens is 1. The Morgan fingerprint density at radius 3 is 2.53 bits per heavy atom. The number of amides is 2. The normalized spacial score (nSPS) is 17.1. The molecule has 2 N–H and O–H groups in total. The highest BCUT2D eigenvalue weighted by atomic mass is 35.5. The molecule has 0 bridgehead atoms. The summed E-state index contributed by atoms with van der Waals surface area (Å²) in [5, 5.41) is 6.40. The number of benzene rings is 2. The van der Waals surface area contributed by atoms with Crippen LogP contribution in [0, 0.1) is 6.92 Å². The minimum atomic E-state index is -0.673. The molecule has 0 saturated carbocycles. The van der Waals surface area contributed by atoms with Gasteiger partial charge in [0.2, 0.25) is 11.8 Å². The lowest BCUT2D eigenvalue weighted by atomic mass is 9.96. The zero-order chi connectivity index (χ0) is 33.6. The molecule has 4 aromatic rings. The Kier molecular flexibility index (Phi) is 8.78. The SMILES string of the molecule is COc1nc(-c2cccc(-c3cccc(NC(=O)c4cn(C)c(=O)n(C)c4=O)c3C)c2Cl)cc2c1C(N(C)CC1CCC(=O)N1)CC2. The smallest absolute Gasteiger partial charge is 0.330 e. The third-order valence-corrected chi connectivity index (χ3v) is 9.69. The first-order chi connectivity index (χ1) is 22.5. The molecule has 244 valence electrons. The van der Waals surface area contributed by atoms with Gasteiger partial charge in [-0.3, -0.25) is 23.9 Å². The van der Waals surface area contributed by atoms with Gasteiger partial charge in [0.05, 0.1) is 17.8 Å². The Labute approximate surface area is 277 Å². The van der Waals surface area contributed by atoms with Crippen molar-refractivity contribution in [2.45, 2.75) is 44.7 Å². The van der Waals surface area contributed by atoms with E-state index in [0.29, 0.717) is 28.7 Å². The first-order valence-electron chi connectivity index (χ1n) is 15.5. The van der Waals surface area contributed by atoms with Crippen molar-refractivity contribution in [1.82, 2.24) is 24.3 Å². The van der Waals surface area contributed by atoms with Gasteiger partial charge in [-0.2, -0.15) is 0 Å². The molecule has 3 heterocycles. The number of nitrogens with one attached hydrogen (secondary N) is 2. The fraction of sp³-hybridized carbons (Fsp3) is 0.343. The molecule has 2 unspecified atom stereocenters. The van der Waals surface area contributed by atoms with E-state index in [1.165, 1.54) is 24.9 Å². The third kappa shape index (κ3) is 5.96. The zero-order valence-electron chi connectivity index (χ0n) is 27.0. The Balaban J connectivity index is 1.30. The van der Waals surface area contributed by atoms with Crippen molar-refractivity contribution in [2.75, 3.05) is 26.0 Å². The van der Waals surface area contributed by atoms with Gasteiger partial charge in [0.15, 0.2) is 0 Å². The summed E-state index contributed by atoms with van der Waals surface area (Å²) in [6, 6.07) is 13.6. The number of carbonyl (C=O) groups excluding carboxylic acids is 2. The largest absolute Gasteiger partial charge is 0.481 e. The summed E-state index contributed by atoms with van der Waals surface area (Å²) in [4.78, 5) is 56.9. The zero-order valence-corrected chi connectivity index (χ0v) is 27.8. The van der Waals surface area contributed by atoms with Gasteiger partial charge in [-0.25, -0.2) is 9.78 Å². The molecule has 1 aliphatic carbocycles. The molecule has 2 aromatic carbocycles. The van der Waals surface area contributed by atoms with Crippen LogP contribution >= 0.6 is 11.6 Å². The van der Waals surface area contributed by atoms with Gasteiger partial charge in [-0.05, 0) is 62.1 Å². The lowest BCUT2D eigenvalue weighted by molar-refractivity contribution is -0.119. The van der Waals surface area contributed by atoms with Crippen molar-refractivity contribution in [3.63, 3.8) is 0 Å². The highest BCUT2D eigenvalue weighted by Crippen LogP contribution is 2.44. The standard InChI is InChI=1S/C35H37ClN6O5/c1-19-22(8-7-11-26(19)38-32(44)25-18-41(3)35(46)42(4)34(25)45)23-9-6-10-24(31(23)36)27-16-20-12-14-28(30(20)33(39-27)47-5)40(2)17-21-13-15-29(43)37-21/h6-11,16,18,21,28H,12-15,17H2,1-5H3,(H,37,43)(H,38,44). The van der Waals surface area contributed by atoms with Crippen LogP contribution < -0.4 is 26.6 Å². The van der Waals surface area contributed by atoms with Crippen LogP contribution in [0.2, 0.25) is 5.02 Å². The van der Waals surface area contributed by atoms with Gasteiger partial charge in [-0.1, -0.05) is 41.9 Å². The number of fused-ring (bicyclic) bond motifs is 1. The van der Waals surface area contributed by atoms with E-state index in [0.717, 1.165) is 63.8 Å². The summed E-state index contributed by atoms with van der Waals surface area (Å²) in [6.07, 6.45) is 4.45. The molecule has 2 amide bonds. The van der Waals surface area contributed by atoms with E-state index >= 15 is 0 Å². The Morgan fingerprint density at radius 1 is 1.09 bits per heavy atom. The molecular weight excluding hydrogens is 620 g/mol. The van der Waals surface area contributed by atoms with E-state index in [1.807, 2.05) is 37.3 Å². The Bertz CT molecular complexity index is 2040. The molecule has 6 rings (SSSR count). The van der Waals surface area contributed by atoms with Crippen molar-refractivity contribution in [3.8, 4) is 28.3 Å². The Hall–Kier alpha value is -4.74. The summed E-state index contributed by atoms with van der Waals surface area (Å²) < 4.78 is 7.95. The van der Waals surface area contributed by atoms with Crippen molar-refractivity contribution < 1.29 is 14.3 Å². The Morgan fingerprint density at radius 2 is 1.81 bits per heavy atom. The molecule has 12 heteroatoms. The quantitative estimate of drug-likeness (QED) is 0.291. The van der Waals surface area contributed by atoms with Crippen molar-refractivity contribution >= 4 is 29.1 Å². The average molecular weight is 657 g/mol. The summed E-state index contributed by atoms with van der Waals surface area (Å²) in [5.74, 6) is 0.0557. The fourth-order valence-electron chi connectivity index (χ4n) is 6.76. The second kappa shape index (κ2) is 12.8. The number of likely N-dealkylation sites (N-methyl/N-ethyl adjacent to an activating group) is 1. The molecule has 0 spiro atoms. The highest BCUT2D eigenvalue weighted by molar-refractivity contribution is 6.36. The number of pyridine rings is 1. The predicted molar refractivity (Wildman–Crippen MR) is 181 cm³/mol. The summed E-state index contributed by atoms with van der Waals surface area (Å²) >= 11 is 7.12. The van der Waals surface area contributed by atoms with Crippen molar-refractivity contribution in [2.24, 2.45) is 14.1 Å². The molecule has 2 atom stereocenters. The number of hydrogen-bond acceptors (Lipinski definition) is 7. The summed E-state index contributed by atoms with van der Waals surface area (Å²) in [6.45, 7) is 2.63. The van der Waals surface area contributed by atoms with Crippen molar-refractivity contribution in [3.05, 3.63) is 96.8 Å². The van der Waals surface area contributed by atoms with Gasteiger partial charge in [0.1, 0.15) is 5.56 Å². The minimum absolute atomic E-state index is 0.110. The highest BCUT2D eigenvalue weighted by Gasteiger charge is 2.33. The number of methoxy groups -OCH3 is 1. The molecule has 2 aliphatic rings. The number of anilines is 1. The number of aromatic nitrogens is 3. The van der Waals surface area contributed by atoms with Crippen LogP contribution in [0.3, 0.4) is 0 Å². The fourth-order valence-corrected chi connectivity index (χ4v) is 7.08. The number of carbonyl (C=O) groups is 2. The monoisotopic (exact) mass is 656 g/mol. The van der Waals surface area contributed by atoms with E-state index in [9.17, 15) is 19.2 Å². The van der Waals surface area contributed by atoms with Crippen LogP contribution in [0.5, 0.6) is 5.88 Å². The number of rotatable bonds is 8. The molecular formula is C35H37ClN6O5. The van der Waals surface area contributed by atoms with Crippen LogP contribution in [-0.4, -0.2) is 57.6 Å². The van der Waals surface area contributed by atoms with Crippen LogP contribution in [-0.2, 0) is 25.3 Å². The van der Waals surface area contributed by atoms with Gasteiger partial charge >= 0.3 is 5.69 Å². The second-order valence-corrected chi connectivity index (χ2v) is 12.7. The number of ether oxygens (including phenoxy) is 1. The van der Waals surface area contributed by atoms with Gasteiger partial charge < -0.3 is 19.9 Å². The number of aryl methyl sites for hydroxylation is 2. The predicted octanol–water partition coefficient (Wildman–Crippen LogP) is 4.23. The molecule has 1 aliphatic heterocycles. The van der Waals surface area contributed by atoms with Gasteiger partial charge in [-0.15, -0.1) is 0 Å². The van der Waals surface area contributed by atoms with Crippen LogP contribution in [0.1, 0.15) is 52.4 Å². The number of hydrogen-bond donors (Lipinski definition) is 2. The lowest BCUT2D eigenvalue weighted by Gasteiger charge is -2.28. The van der Waals surface area contributed by atoms with E-state index in [-0.39, 0.29) is 23.6 Å². The summed E-state index contributed by atoms with van der Waals surface area (Å²) in [7, 11) is 6.54. The lowest BCUT2D eigenvalue weighted by Crippen LogP contribution is -2.40. The molecule has 1 fully saturated rings. The van der Waals surface area contributed by atoms with E-state index in [4.69, 9.17) is 21.3 Å². The third-order valence-electron chi connectivity index (χ3n) is 9.29. The molecule has 0 radical (unpaired) electrons. The minimum Gasteiger partial charge on any atom is -0.481 e. The van der Waals surface area contributed by atoms with E-state index in [2.05, 4.69) is 28.6 Å². The van der Waals surface area contributed by atoms with E-state index < -0.39 is 17.2 Å². The molecule has 47 heavy (non-hydrogen) atoms. The second-order valence-electron chi connectivity index (χ2n) is 12.3. The summed E-state index contributed by atoms with van der Waals surface area (Å²) in [5.41, 5.74) is 5.17. The van der Waals surface area contributed by atoms with E-state index in [1.54, 1.807) is 13.2 Å². The number of nitrogens with zero attached hydrogens (tertiary/aromatic N) is 4. The van der Waals surface area contributed by atoms with Crippen molar-refractivity contribution in [1.29, 1.82) is 0 Å². The topological polar surface area (TPSA) is 128 Å². The molecule has 1 saturated heterocycles. The average Bonchev–Trinajstić information content (AvgIpc) is 3.68. The maximum absolute atomic E-state index is 13.2.